The lowest BCUT2D eigenvalue weighted by Gasteiger charge is -2.03. The standard InChI is InChI=1S/C16H14ClN/c1-11-15-5-3-4-10-18(15)12(2)16(11)13-6-8-14(17)9-7-13/h3-10H,1-2H3. The van der Waals surface area contributed by atoms with E-state index in [4.69, 9.17) is 11.6 Å². The summed E-state index contributed by atoms with van der Waals surface area (Å²) in [6, 6.07) is 14.3. The van der Waals surface area contributed by atoms with Crippen molar-refractivity contribution < 1.29 is 0 Å². The molecule has 0 fully saturated rings. The van der Waals surface area contributed by atoms with Gasteiger partial charge in [-0.25, -0.2) is 0 Å². The predicted octanol–water partition coefficient (Wildman–Crippen LogP) is 4.88. The van der Waals surface area contributed by atoms with Crippen molar-refractivity contribution in [3.05, 3.63) is 64.9 Å². The van der Waals surface area contributed by atoms with Crippen LogP contribution in [0.1, 0.15) is 11.3 Å². The van der Waals surface area contributed by atoms with Gasteiger partial charge in [0, 0.05) is 28.0 Å². The Morgan fingerprint density at radius 1 is 0.944 bits per heavy atom. The minimum Gasteiger partial charge on any atom is -0.320 e. The van der Waals surface area contributed by atoms with Gasteiger partial charge in [-0.2, -0.15) is 0 Å². The Morgan fingerprint density at radius 3 is 2.33 bits per heavy atom. The van der Waals surface area contributed by atoms with Crippen LogP contribution >= 0.6 is 11.6 Å². The molecule has 2 heterocycles. The van der Waals surface area contributed by atoms with Crippen LogP contribution in [0.5, 0.6) is 0 Å². The summed E-state index contributed by atoms with van der Waals surface area (Å²) in [6.45, 7) is 4.33. The van der Waals surface area contributed by atoms with Gasteiger partial charge in [-0.3, -0.25) is 0 Å². The molecular formula is C16H14ClN. The molecule has 3 rings (SSSR count). The Labute approximate surface area is 112 Å². The number of rotatable bonds is 1. The summed E-state index contributed by atoms with van der Waals surface area (Å²) < 4.78 is 2.24. The quantitative estimate of drug-likeness (QED) is 0.584. The third-order valence-corrected chi connectivity index (χ3v) is 3.73. The Kier molecular flexibility index (Phi) is 2.64. The molecule has 1 aromatic carbocycles. The van der Waals surface area contributed by atoms with E-state index in [-0.39, 0.29) is 0 Å². The number of pyridine rings is 1. The van der Waals surface area contributed by atoms with Gasteiger partial charge in [0.25, 0.3) is 0 Å². The highest BCUT2D eigenvalue weighted by Gasteiger charge is 2.12. The molecule has 0 radical (unpaired) electrons. The summed E-state index contributed by atoms with van der Waals surface area (Å²) in [6.07, 6.45) is 2.11. The van der Waals surface area contributed by atoms with E-state index in [1.54, 1.807) is 0 Å². The zero-order valence-electron chi connectivity index (χ0n) is 10.4. The lowest BCUT2D eigenvalue weighted by molar-refractivity contribution is 1.11. The van der Waals surface area contributed by atoms with Crippen LogP contribution in [0, 0.1) is 13.8 Å². The molecule has 90 valence electrons. The van der Waals surface area contributed by atoms with Gasteiger partial charge in [0.05, 0.1) is 0 Å². The fourth-order valence-corrected chi connectivity index (χ4v) is 2.73. The van der Waals surface area contributed by atoms with Crippen LogP contribution in [0.3, 0.4) is 0 Å². The topological polar surface area (TPSA) is 4.41 Å². The van der Waals surface area contributed by atoms with Crippen LogP contribution in [0.2, 0.25) is 5.02 Å². The van der Waals surface area contributed by atoms with Crippen LogP contribution in [-0.4, -0.2) is 4.40 Å². The number of hydrogen-bond donors (Lipinski definition) is 0. The summed E-state index contributed by atoms with van der Waals surface area (Å²) in [5, 5.41) is 0.776. The van der Waals surface area contributed by atoms with E-state index in [0.717, 1.165) is 5.02 Å². The van der Waals surface area contributed by atoms with E-state index in [9.17, 15) is 0 Å². The molecule has 0 aliphatic rings. The molecule has 0 saturated heterocycles. The van der Waals surface area contributed by atoms with Crippen LogP contribution < -0.4 is 0 Å². The van der Waals surface area contributed by atoms with Crippen LogP contribution in [0.4, 0.5) is 0 Å². The normalized spacial score (nSPS) is 11.1. The van der Waals surface area contributed by atoms with Gasteiger partial charge in [-0.15, -0.1) is 0 Å². The van der Waals surface area contributed by atoms with Gasteiger partial charge in [-0.05, 0) is 49.2 Å². The van der Waals surface area contributed by atoms with Gasteiger partial charge < -0.3 is 4.40 Å². The zero-order chi connectivity index (χ0) is 12.7. The molecule has 2 aromatic heterocycles. The maximum Gasteiger partial charge on any atom is 0.0488 e. The Bertz CT molecular complexity index is 669. The minimum atomic E-state index is 0.776. The first-order valence-corrected chi connectivity index (χ1v) is 6.38. The summed E-state index contributed by atoms with van der Waals surface area (Å²) >= 11 is 5.95. The molecule has 0 bridgehead atoms. The fraction of sp³-hybridized carbons (Fsp3) is 0.125. The Hall–Kier alpha value is -1.73. The predicted molar refractivity (Wildman–Crippen MR) is 77.3 cm³/mol. The maximum atomic E-state index is 5.95. The molecule has 0 atom stereocenters. The largest absolute Gasteiger partial charge is 0.320 e. The molecule has 1 nitrogen and oxygen atoms in total. The third-order valence-electron chi connectivity index (χ3n) is 3.48. The Morgan fingerprint density at radius 2 is 1.67 bits per heavy atom. The van der Waals surface area contributed by atoms with Gasteiger partial charge in [-0.1, -0.05) is 29.8 Å². The number of aromatic nitrogens is 1. The lowest BCUT2D eigenvalue weighted by atomic mass is 10.0. The molecule has 18 heavy (non-hydrogen) atoms. The molecule has 3 aromatic rings. The van der Waals surface area contributed by atoms with Gasteiger partial charge in [0.15, 0.2) is 0 Å². The van der Waals surface area contributed by atoms with Crippen molar-refractivity contribution in [2.24, 2.45) is 0 Å². The fourth-order valence-electron chi connectivity index (χ4n) is 2.60. The molecule has 0 spiro atoms. The highest BCUT2D eigenvalue weighted by atomic mass is 35.5. The van der Waals surface area contributed by atoms with E-state index >= 15 is 0 Å². The molecule has 0 aliphatic carbocycles. The number of nitrogens with zero attached hydrogens (tertiary/aromatic N) is 1. The van der Waals surface area contributed by atoms with Gasteiger partial charge in [0.2, 0.25) is 0 Å². The van der Waals surface area contributed by atoms with E-state index in [1.807, 2.05) is 12.1 Å². The first kappa shape index (κ1) is 11.4. The maximum absolute atomic E-state index is 5.95. The zero-order valence-corrected chi connectivity index (χ0v) is 11.2. The van der Waals surface area contributed by atoms with Crippen LogP contribution in [0.25, 0.3) is 16.6 Å². The minimum absolute atomic E-state index is 0.776. The van der Waals surface area contributed by atoms with E-state index in [0.29, 0.717) is 0 Å². The van der Waals surface area contributed by atoms with Crippen molar-refractivity contribution in [2.45, 2.75) is 13.8 Å². The summed E-state index contributed by atoms with van der Waals surface area (Å²) in [4.78, 5) is 0. The van der Waals surface area contributed by atoms with E-state index in [2.05, 4.69) is 54.8 Å². The highest BCUT2D eigenvalue weighted by Crippen LogP contribution is 2.32. The Balaban J connectivity index is 2.32. The van der Waals surface area contributed by atoms with Crippen molar-refractivity contribution in [1.82, 2.24) is 4.40 Å². The second-order valence-electron chi connectivity index (χ2n) is 4.55. The summed E-state index contributed by atoms with van der Waals surface area (Å²) in [5.74, 6) is 0. The monoisotopic (exact) mass is 255 g/mol. The smallest absolute Gasteiger partial charge is 0.0488 e. The SMILES string of the molecule is Cc1c(-c2ccc(Cl)cc2)c(C)n2ccccc12. The van der Waals surface area contributed by atoms with Crippen molar-refractivity contribution >= 4 is 17.1 Å². The summed E-state index contributed by atoms with van der Waals surface area (Å²) in [7, 11) is 0. The molecule has 0 saturated carbocycles. The van der Waals surface area contributed by atoms with E-state index in [1.165, 1.54) is 27.9 Å². The van der Waals surface area contributed by atoms with Crippen molar-refractivity contribution in [3.63, 3.8) is 0 Å². The summed E-state index contributed by atoms with van der Waals surface area (Å²) in [5.41, 5.74) is 6.37. The molecule has 0 amide bonds. The lowest BCUT2D eigenvalue weighted by Crippen LogP contribution is -1.85. The van der Waals surface area contributed by atoms with Crippen LogP contribution in [0.15, 0.2) is 48.7 Å². The highest BCUT2D eigenvalue weighted by molar-refractivity contribution is 6.30. The molecule has 0 aliphatic heterocycles. The molecular weight excluding hydrogens is 242 g/mol. The molecule has 0 unspecified atom stereocenters. The number of halogens is 1. The van der Waals surface area contributed by atoms with Crippen molar-refractivity contribution in [3.8, 4) is 11.1 Å². The second-order valence-corrected chi connectivity index (χ2v) is 4.98. The van der Waals surface area contributed by atoms with Gasteiger partial charge >= 0.3 is 0 Å². The third kappa shape index (κ3) is 1.63. The molecule has 0 N–H and O–H groups in total. The average Bonchev–Trinajstić information content (AvgIpc) is 2.64. The first-order valence-electron chi connectivity index (χ1n) is 6.00. The number of fused-ring (bicyclic) bond motifs is 1. The average molecular weight is 256 g/mol. The van der Waals surface area contributed by atoms with Crippen LogP contribution in [-0.2, 0) is 0 Å². The van der Waals surface area contributed by atoms with Crippen molar-refractivity contribution in [1.29, 1.82) is 0 Å². The molecule has 2 heteroatoms. The second kappa shape index (κ2) is 4.18. The van der Waals surface area contributed by atoms with Gasteiger partial charge in [0.1, 0.15) is 0 Å². The number of aryl methyl sites for hydroxylation is 2. The first-order chi connectivity index (χ1) is 8.68. The van der Waals surface area contributed by atoms with E-state index < -0.39 is 0 Å². The number of hydrogen-bond acceptors (Lipinski definition) is 0. The van der Waals surface area contributed by atoms with Crippen molar-refractivity contribution in [2.75, 3.05) is 0 Å². The number of benzene rings is 1.